The van der Waals surface area contributed by atoms with E-state index in [0.717, 1.165) is 12.1 Å². The number of benzene rings is 2. The van der Waals surface area contributed by atoms with Crippen molar-refractivity contribution >= 4 is 10.9 Å². The fourth-order valence-electron chi connectivity index (χ4n) is 2.14. The first-order valence-electron chi connectivity index (χ1n) is 6.42. The lowest BCUT2D eigenvalue weighted by Gasteiger charge is -1.98. The van der Waals surface area contributed by atoms with E-state index in [2.05, 4.69) is 84.1 Å². The van der Waals surface area contributed by atoms with Gasteiger partial charge in [0.15, 0.2) is 0 Å². The van der Waals surface area contributed by atoms with Crippen LogP contribution in [0.4, 0.5) is 0 Å². The van der Waals surface area contributed by atoms with Crippen molar-refractivity contribution in [1.29, 1.82) is 0 Å². The first kappa shape index (κ1) is 11.6. The second-order valence-corrected chi connectivity index (χ2v) is 4.67. The van der Waals surface area contributed by atoms with Crippen LogP contribution in [0.15, 0.2) is 60.8 Å². The zero-order valence-corrected chi connectivity index (χ0v) is 10.9. The van der Waals surface area contributed by atoms with E-state index in [1.165, 1.54) is 16.5 Å². The van der Waals surface area contributed by atoms with E-state index >= 15 is 0 Å². The summed E-state index contributed by atoms with van der Waals surface area (Å²) in [6, 6.07) is 18.8. The van der Waals surface area contributed by atoms with Gasteiger partial charge in [-0.2, -0.15) is 0 Å². The molecule has 3 rings (SSSR count). The summed E-state index contributed by atoms with van der Waals surface area (Å²) in [4.78, 5) is 0. The SMILES string of the molecule is Cc1ccc(C#CCn2ccc3ccccc32)cc1. The molecular formula is C18H15N. The number of nitrogens with zero attached hydrogens (tertiary/aromatic N) is 1. The van der Waals surface area contributed by atoms with Crippen molar-refractivity contribution in [2.75, 3.05) is 0 Å². The van der Waals surface area contributed by atoms with Crippen LogP contribution < -0.4 is 0 Å². The van der Waals surface area contributed by atoms with Crippen molar-refractivity contribution < 1.29 is 0 Å². The normalized spacial score (nSPS) is 10.2. The first-order chi connectivity index (χ1) is 9.33. The van der Waals surface area contributed by atoms with Gasteiger partial charge in [0, 0.05) is 17.3 Å². The number of aromatic nitrogens is 1. The highest BCUT2D eigenvalue weighted by Crippen LogP contribution is 2.14. The maximum Gasteiger partial charge on any atom is 0.0841 e. The van der Waals surface area contributed by atoms with Gasteiger partial charge in [0.1, 0.15) is 0 Å². The van der Waals surface area contributed by atoms with Crippen molar-refractivity contribution in [3.8, 4) is 11.8 Å². The number of fused-ring (bicyclic) bond motifs is 1. The van der Waals surface area contributed by atoms with Crippen LogP contribution in [0.2, 0.25) is 0 Å². The van der Waals surface area contributed by atoms with Crippen molar-refractivity contribution in [2.24, 2.45) is 0 Å². The van der Waals surface area contributed by atoms with Crippen LogP contribution in [0.25, 0.3) is 10.9 Å². The van der Waals surface area contributed by atoms with Gasteiger partial charge in [-0.3, -0.25) is 0 Å². The van der Waals surface area contributed by atoms with Gasteiger partial charge in [0.25, 0.3) is 0 Å². The fraction of sp³-hybridized carbons (Fsp3) is 0.111. The number of aryl methyl sites for hydroxylation is 1. The zero-order valence-electron chi connectivity index (χ0n) is 10.9. The molecule has 1 heterocycles. The lowest BCUT2D eigenvalue weighted by molar-refractivity contribution is 0.886. The highest BCUT2D eigenvalue weighted by Gasteiger charge is 1.96. The third-order valence-corrected chi connectivity index (χ3v) is 3.21. The molecule has 0 unspecified atom stereocenters. The predicted molar refractivity (Wildman–Crippen MR) is 80.0 cm³/mol. The molecule has 0 aliphatic rings. The lowest BCUT2D eigenvalue weighted by atomic mass is 10.1. The standard InChI is InChI=1S/C18H15N/c1-15-8-10-16(11-9-15)5-4-13-19-14-12-17-6-2-3-7-18(17)19/h2-3,6-12,14H,13H2,1H3. The maximum absolute atomic E-state index is 3.23. The summed E-state index contributed by atoms with van der Waals surface area (Å²) in [5, 5.41) is 1.26. The molecule has 92 valence electrons. The van der Waals surface area contributed by atoms with E-state index in [1.807, 2.05) is 0 Å². The molecule has 1 heteroatoms. The smallest absolute Gasteiger partial charge is 0.0841 e. The predicted octanol–water partition coefficient (Wildman–Crippen LogP) is 4.00. The molecule has 0 aliphatic carbocycles. The summed E-state index contributed by atoms with van der Waals surface area (Å²) in [5.74, 6) is 6.43. The van der Waals surface area contributed by atoms with Crippen LogP contribution >= 0.6 is 0 Å². The van der Waals surface area contributed by atoms with Crippen LogP contribution in [0.5, 0.6) is 0 Å². The van der Waals surface area contributed by atoms with E-state index in [-0.39, 0.29) is 0 Å². The van der Waals surface area contributed by atoms with E-state index in [1.54, 1.807) is 0 Å². The van der Waals surface area contributed by atoms with Crippen molar-refractivity contribution in [1.82, 2.24) is 4.57 Å². The highest BCUT2D eigenvalue weighted by atomic mass is 14.9. The third-order valence-electron chi connectivity index (χ3n) is 3.21. The van der Waals surface area contributed by atoms with Gasteiger partial charge in [-0.05, 0) is 36.6 Å². The molecule has 1 aromatic heterocycles. The first-order valence-corrected chi connectivity index (χ1v) is 6.42. The van der Waals surface area contributed by atoms with E-state index < -0.39 is 0 Å². The Hall–Kier alpha value is -2.46. The van der Waals surface area contributed by atoms with Gasteiger partial charge in [-0.25, -0.2) is 0 Å². The molecule has 0 aliphatic heterocycles. The summed E-state index contributed by atoms with van der Waals surface area (Å²) in [6.07, 6.45) is 2.09. The lowest BCUT2D eigenvalue weighted by Crippen LogP contribution is -1.92. The molecule has 0 N–H and O–H groups in total. The Labute approximate surface area is 113 Å². The minimum absolute atomic E-state index is 0.724. The van der Waals surface area contributed by atoms with Crippen molar-refractivity contribution in [2.45, 2.75) is 13.5 Å². The quantitative estimate of drug-likeness (QED) is 0.571. The number of hydrogen-bond donors (Lipinski definition) is 0. The number of rotatable bonds is 1. The summed E-state index contributed by atoms with van der Waals surface area (Å²) in [7, 11) is 0. The van der Waals surface area contributed by atoms with Gasteiger partial charge < -0.3 is 4.57 Å². The van der Waals surface area contributed by atoms with Crippen LogP contribution in [-0.4, -0.2) is 4.57 Å². The largest absolute Gasteiger partial charge is 0.336 e. The fourth-order valence-corrected chi connectivity index (χ4v) is 2.14. The maximum atomic E-state index is 3.23. The Balaban J connectivity index is 1.81. The average molecular weight is 245 g/mol. The molecule has 2 aromatic carbocycles. The van der Waals surface area contributed by atoms with Crippen LogP contribution in [0.3, 0.4) is 0 Å². The molecule has 1 nitrogen and oxygen atoms in total. The Morgan fingerprint density at radius 2 is 1.74 bits per heavy atom. The van der Waals surface area contributed by atoms with Crippen LogP contribution in [-0.2, 0) is 6.54 Å². The molecule has 0 atom stereocenters. The third kappa shape index (κ3) is 2.53. The second-order valence-electron chi connectivity index (χ2n) is 4.67. The highest BCUT2D eigenvalue weighted by molar-refractivity contribution is 5.79. The van der Waals surface area contributed by atoms with Gasteiger partial charge in [0.05, 0.1) is 6.54 Å². The van der Waals surface area contributed by atoms with E-state index in [0.29, 0.717) is 0 Å². The van der Waals surface area contributed by atoms with Gasteiger partial charge in [-0.1, -0.05) is 47.7 Å². The molecule has 0 saturated heterocycles. The number of para-hydroxylation sites is 1. The second kappa shape index (κ2) is 5.04. The molecule has 0 bridgehead atoms. The minimum atomic E-state index is 0.724. The Kier molecular flexibility index (Phi) is 3.08. The molecule has 0 radical (unpaired) electrons. The van der Waals surface area contributed by atoms with Crippen molar-refractivity contribution in [3.63, 3.8) is 0 Å². The van der Waals surface area contributed by atoms with E-state index in [9.17, 15) is 0 Å². The summed E-state index contributed by atoms with van der Waals surface area (Å²) in [5.41, 5.74) is 3.57. The monoisotopic (exact) mass is 245 g/mol. The minimum Gasteiger partial charge on any atom is -0.336 e. The summed E-state index contributed by atoms with van der Waals surface area (Å²) >= 11 is 0. The van der Waals surface area contributed by atoms with Crippen LogP contribution in [0.1, 0.15) is 11.1 Å². The topological polar surface area (TPSA) is 4.93 Å². The summed E-state index contributed by atoms with van der Waals surface area (Å²) in [6.45, 7) is 2.81. The molecule has 3 aromatic rings. The van der Waals surface area contributed by atoms with E-state index in [4.69, 9.17) is 0 Å². The number of hydrogen-bond acceptors (Lipinski definition) is 0. The Bertz CT molecular complexity index is 751. The molecule has 19 heavy (non-hydrogen) atoms. The molecular weight excluding hydrogens is 230 g/mol. The molecule has 0 amide bonds. The van der Waals surface area contributed by atoms with Gasteiger partial charge >= 0.3 is 0 Å². The van der Waals surface area contributed by atoms with Crippen LogP contribution in [0, 0.1) is 18.8 Å². The average Bonchev–Trinajstić information content (AvgIpc) is 2.85. The van der Waals surface area contributed by atoms with Gasteiger partial charge in [-0.15, -0.1) is 0 Å². The molecule has 0 fully saturated rings. The molecule has 0 spiro atoms. The Morgan fingerprint density at radius 1 is 0.947 bits per heavy atom. The van der Waals surface area contributed by atoms with Crippen molar-refractivity contribution in [3.05, 3.63) is 71.9 Å². The Morgan fingerprint density at radius 3 is 2.58 bits per heavy atom. The zero-order chi connectivity index (χ0) is 13.1. The summed E-state index contributed by atoms with van der Waals surface area (Å²) < 4.78 is 2.18. The molecule has 0 saturated carbocycles. The van der Waals surface area contributed by atoms with Gasteiger partial charge in [0.2, 0.25) is 0 Å².